The van der Waals surface area contributed by atoms with E-state index in [1.165, 1.54) is 0 Å². The molecular weight excluding hydrogens is 452 g/mol. The summed E-state index contributed by atoms with van der Waals surface area (Å²) in [6.45, 7) is 8.21. The summed E-state index contributed by atoms with van der Waals surface area (Å²) in [4.78, 5) is 34.1. The molecule has 8 heteroatoms. The number of pyridine rings is 1. The van der Waals surface area contributed by atoms with Crippen LogP contribution in [0, 0.1) is 5.92 Å². The summed E-state index contributed by atoms with van der Waals surface area (Å²) >= 11 is 0. The number of benzene rings is 1. The van der Waals surface area contributed by atoms with Gasteiger partial charge in [0.15, 0.2) is 0 Å². The molecule has 0 radical (unpaired) electrons. The maximum absolute atomic E-state index is 13.0. The first-order valence-electron chi connectivity index (χ1n) is 12.5. The Bertz CT molecular complexity index is 1360. The third-order valence-corrected chi connectivity index (χ3v) is 6.35. The molecule has 0 unspecified atom stereocenters. The normalized spacial score (nSPS) is 14.5. The summed E-state index contributed by atoms with van der Waals surface area (Å²) in [7, 11) is 2.09. The van der Waals surface area contributed by atoms with Crippen LogP contribution < -0.4 is 4.74 Å². The summed E-state index contributed by atoms with van der Waals surface area (Å²) in [5.41, 5.74) is 4.19. The molecule has 4 heterocycles. The first-order chi connectivity index (χ1) is 17.4. The van der Waals surface area contributed by atoms with Gasteiger partial charge in [0.25, 0.3) is 5.91 Å². The van der Waals surface area contributed by atoms with Gasteiger partial charge in [0.1, 0.15) is 17.3 Å². The number of aromatic nitrogens is 4. The summed E-state index contributed by atoms with van der Waals surface area (Å²) in [6, 6.07) is 13.8. The van der Waals surface area contributed by atoms with Crippen LogP contribution in [0.5, 0.6) is 5.75 Å². The first-order valence-corrected chi connectivity index (χ1v) is 12.5. The molecule has 0 saturated carbocycles. The average molecular weight is 485 g/mol. The van der Waals surface area contributed by atoms with Crippen molar-refractivity contribution in [3.63, 3.8) is 0 Å². The van der Waals surface area contributed by atoms with E-state index < -0.39 is 0 Å². The van der Waals surface area contributed by atoms with E-state index in [4.69, 9.17) is 9.72 Å². The molecule has 1 aliphatic heterocycles. The molecule has 36 heavy (non-hydrogen) atoms. The molecule has 8 nitrogen and oxygen atoms in total. The Morgan fingerprint density at radius 1 is 1.00 bits per heavy atom. The zero-order valence-corrected chi connectivity index (χ0v) is 21.1. The Balaban J connectivity index is 1.31. The Morgan fingerprint density at radius 2 is 1.81 bits per heavy atom. The number of hydrogen-bond acceptors (Lipinski definition) is 6. The fourth-order valence-electron chi connectivity index (χ4n) is 4.30. The summed E-state index contributed by atoms with van der Waals surface area (Å²) in [5, 5.41) is 1.01. The molecule has 1 aliphatic rings. The number of nitrogens with one attached hydrogen (secondary N) is 1. The molecule has 0 spiro atoms. The van der Waals surface area contributed by atoms with Gasteiger partial charge in [0.05, 0.1) is 18.0 Å². The zero-order valence-electron chi connectivity index (χ0n) is 21.1. The molecular formula is C28H32N6O2. The predicted molar refractivity (Wildman–Crippen MR) is 140 cm³/mol. The molecule has 5 rings (SSSR count). The number of hydrogen-bond donors (Lipinski definition) is 1. The van der Waals surface area contributed by atoms with Gasteiger partial charge in [-0.3, -0.25) is 9.78 Å². The number of piperazine rings is 1. The van der Waals surface area contributed by atoms with Gasteiger partial charge in [-0.25, -0.2) is 9.97 Å². The fourth-order valence-corrected chi connectivity index (χ4v) is 4.30. The van der Waals surface area contributed by atoms with Crippen molar-refractivity contribution in [2.24, 2.45) is 5.92 Å². The first kappa shape index (κ1) is 23.9. The molecule has 3 aromatic heterocycles. The van der Waals surface area contributed by atoms with Gasteiger partial charge in [-0.05, 0) is 48.9 Å². The topological polar surface area (TPSA) is 87.2 Å². The van der Waals surface area contributed by atoms with Crippen molar-refractivity contribution in [3.8, 4) is 17.1 Å². The van der Waals surface area contributed by atoms with Crippen molar-refractivity contribution < 1.29 is 9.53 Å². The van der Waals surface area contributed by atoms with Crippen LogP contribution in [0.15, 0.2) is 54.9 Å². The lowest BCUT2D eigenvalue weighted by Crippen LogP contribution is -2.47. The average Bonchev–Trinajstić information content (AvgIpc) is 3.31. The SMILES string of the molecule is CC(C)COc1ccnc(-c2ccnc(Cc3ccc4[nH]c(C(=O)N5CCN(C)CC5)cc4c3)n2)c1. The minimum Gasteiger partial charge on any atom is -0.493 e. The summed E-state index contributed by atoms with van der Waals surface area (Å²) in [5.74, 6) is 2.01. The molecule has 4 aromatic rings. The van der Waals surface area contributed by atoms with Crippen molar-refractivity contribution in [1.29, 1.82) is 0 Å². The van der Waals surface area contributed by atoms with Crippen molar-refractivity contribution in [1.82, 2.24) is 29.7 Å². The lowest BCUT2D eigenvalue weighted by atomic mass is 10.1. The summed E-state index contributed by atoms with van der Waals surface area (Å²) < 4.78 is 5.84. The van der Waals surface area contributed by atoms with Crippen molar-refractivity contribution in [2.45, 2.75) is 20.3 Å². The number of H-pyrrole nitrogens is 1. The van der Waals surface area contributed by atoms with Crippen LogP contribution in [0.1, 0.15) is 35.7 Å². The van der Waals surface area contributed by atoms with Gasteiger partial charge >= 0.3 is 0 Å². The van der Waals surface area contributed by atoms with E-state index in [1.807, 2.05) is 35.2 Å². The number of rotatable bonds is 7. The number of carbonyl (C=O) groups is 1. The van der Waals surface area contributed by atoms with Gasteiger partial charge in [-0.2, -0.15) is 0 Å². The van der Waals surface area contributed by atoms with Crippen LogP contribution in [0.3, 0.4) is 0 Å². The van der Waals surface area contributed by atoms with Gasteiger partial charge in [-0.1, -0.05) is 19.9 Å². The number of amides is 1. The Kier molecular flexibility index (Phi) is 6.95. The number of nitrogens with zero attached hydrogens (tertiary/aromatic N) is 5. The highest BCUT2D eigenvalue weighted by molar-refractivity contribution is 5.98. The Morgan fingerprint density at radius 3 is 2.61 bits per heavy atom. The highest BCUT2D eigenvalue weighted by Gasteiger charge is 2.21. The van der Waals surface area contributed by atoms with Crippen molar-refractivity contribution in [2.75, 3.05) is 39.8 Å². The molecule has 1 N–H and O–H groups in total. The third kappa shape index (κ3) is 5.54. The number of ether oxygens (including phenoxy) is 1. The highest BCUT2D eigenvalue weighted by Crippen LogP contribution is 2.22. The van der Waals surface area contributed by atoms with Crippen LogP contribution in [0.2, 0.25) is 0 Å². The molecule has 1 fully saturated rings. The van der Waals surface area contributed by atoms with E-state index in [1.54, 1.807) is 12.4 Å². The molecule has 1 aromatic carbocycles. The van der Waals surface area contributed by atoms with Gasteiger partial charge in [0, 0.05) is 62.0 Å². The Hall–Kier alpha value is -3.78. The second-order valence-electron chi connectivity index (χ2n) is 9.82. The summed E-state index contributed by atoms with van der Waals surface area (Å²) in [6.07, 6.45) is 4.09. The van der Waals surface area contributed by atoms with Crippen LogP contribution in [0.25, 0.3) is 22.3 Å². The maximum Gasteiger partial charge on any atom is 0.270 e. The number of aromatic amines is 1. The number of carbonyl (C=O) groups excluding carboxylic acids is 1. The van der Waals surface area contributed by atoms with Crippen LogP contribution in [-0.4, -0.2) is 75.5 Å². The van der Waals surface area contributed by atoms with Gasteiger partial charge in [0.2, 0.25) is 0 Å². The smallest absolute Gasteiger partial charge is 0.270 e. The second kappa shape index (κ2) is 10.5. The lowest BCUT2D eigenvalue weighted by molar-refractivity contribution is 0.0659. The van der Waals surface area contributed by atoms with E-state index >= 15 is 0 Å². The molecule has 1 saturated heterocycles. The molecule has 0 aliphatic carbocycles. The van der Waals surface area contributed by atoms with Gasteiger partial charge in [-0.15, -0.1) is 0 Å². The fraction of sp³-hybridized carbons (Fsp3) is 0.357. The minimum absolute atomic E-state index is 0.0592. The minimum atomic E-state index is 0.0592. The van der Waals surface area contributed by atoms with E-state index in [0.717, 1.165) is 59.8 Å². The molecule has 186 valence electrons. The second-order valence-corrected chi connectivity index (χ2v) is 9.82. The quantitative estimate of drug-likeness (QED) is 0.426. The van der Waals surface area contributed by atoms with Gasteiger partial charge < -0.3 is 19.5 Å². The van der Waals surface area contributed by atoms with Crippen molar-refractivity contribution in [3.05, 3.63) is 71.9 Å². The predicted octanol–water partition coefficient (Wildman–Crippen LogP) is 4.03. The zero-order chi connectivity index (χ0) is 25.1. The van der Waals surface area contributed by atoms with E-state index in [0.29, 0.717) is 30.5 Å². The highest BCUT2D eigenvalue weighted by atomic mass is 16.5. The maximum atomic E-state index is 13.0. The van der Waals surface area contributed by atoms with Crippen LogP contribution in [0.4, 0.5) is 0 Å². The van der Waals surface area contributed by atoms with E-state index in [9.17, 15) is 4.79 Å². The van der Waals surface area contributed by atoms with E-state index in [2.05, 4.69) is 52.9 Å². The van der Waals surface area contributed by atoms with E-state index in [-0.39, 0.29) is 5.91 Å². The molecule has 0 bridgehead atoms. The van der Waals surface area contributed by atoms with Crippen LogP contribution in [-0.2, 0) is 6.42 Å². The third-order valence-electron chi connectivity index (χ3n) is 6.35. The Labute approximate surface area is 211 Å². The van der Waals surface area contributed by atoms with Crippen LogP contribution >= 0.6 is 0 Å². The lowest BCUT2D eigenvalue weighted by Gasteiger charge is -2.32. The number of likely N-dealkylation sites (N-methyl/N-ethyl adjacent to an activating group) is 1. The largest absolute Gasteiger partial charge is 0.493 e. The molecule has 1 amide bonds. The molecule has 0 atom stereocenters. The monoisotopic (exact) mass is 484 g/mol. The number of fused-ring (bicyclic) bond motifs is 1. The van der Waals surface area contributed by atoms with Crippen molar-refractivity contribution >= 4 is 16.8 Å². The standard InChI is InChI=1S/C28H32N6O2/c1-19(2)18-36-22-6-8-29-25(17-22)24-7-9-30-27(32-24)15-20-4-5-23-21(14-20)16-26(31-23)28(35)34-12-10-33(3)11-13-34/h4-9,14,16-17,19,31H,10-13,15,18H2,1-3H3.